The van der Waals surface area contributed by atoms with E-state index >= 15 is 0 Å². The van der Waals surface area contributed by atoms with Gasteiger partial charge in [-0.3, -0.25) is 4.79 Å². The minimum absolute atomic E-state index is 0.202. The molecule has 6 heteroatoms. The van der Waals surface area contributed by atoms with Crippen LogP contribution in [0.3, 0.4) is 0 Å². The van der Waals surface area contributed by atoms with Crippen molar-refractivity contribution in [2.45, 2.75) is 12.8 Å². The number of hydrogen-bond donors (Lipinski definition) is 0. The highest BCUT2D eigenvalue weighted by Gasteiger charge is 2.21. The fourth-order valence-electron chi connectivity index (χ4n) is 1.99. The first kappa shape index (κ1) is 14.0. The summed E-state index contributed by atoms with van der Waals surface area (Å²) < 4.78 is 6.73. The van der Waals surface area contributed by atoms with Crippen LogP contribution >= 0.6 is 27.3 Å². The number of halogens is 1. The Morgan fingerprint density at radius 3 is 3.00 bits per heavy atom. The van der Waals surface area contributed by atoms with Crippen molar-refractivity contribution < 1.29 is 9.21 Å². The maximum Gasteiger partial charge on any atom is 0.156 e. The predicted octanol–water partition coefficient (Wildman–Crippen LogP) is 4.51. The molecule has 0 unspecified atom stereocenters. The van der Waals surface area contributed by atoms with Gasteiger partial charge < -0.3 is 4.42 Å². The Morgan fingerprint density at radius 1 is 1.48 bits per heavy atom. The highest BCUT2D eigenvalue weighted by Crippen LogP contribution is 2.32. The van der Waals surface area contributed by atoms with Crippen LogP contribution in [0.15, 0.2) is 38.5 Å². The predicted molar refractivity (Wildman–Crippen MR) is 84.1 cm³/mol. The van der Waals surface area contributed by atoms with Crippen LogP contribution in [0, 0.1) is 11.3 Å². The molecule has 0 N–H and O–H groups in total. The molecule has 0 bridgehead atoms. The lowest BCUT2D eigenvalue weighted by Gasteiger charge is -1.98. The van der Waals surface area contributed by atoms with E-state index < -0.39 is 5.92 Å². The number of Topliss-reactive ketones (excluding diaryl/α,β-unsaturated/α-hetero) is 1. The number of benzene rings is 1. The fraction of sp³-hybridized carbons (Fsp3) is 0.133. The van der Waals surface area contributed by atoms with E-state index in [1.807, 2.05) is 30.3 Å². The van der Waals surface area contributed by atoms with Gasteiger partial charge in [-0.1, -0.05) is 15.9 Å². The van der Waals surface area contributed by atoms with Crippen molar-refractivity contribution in [3.63, 3.8) is 0 Å². The minimum Gasteiger partial charge on any atom is -0.454 e. The zero-order valence-corrected chi connectivity index (χ0v) is 13.4. The third kappa shape index (κ3) is 2.62. The average Bonchev–Trinajstić information content (AvgIpc) is 3.04. The molecule has 0 aliphatic heterocycles. The number of nitrogens with zero attached hydrogens (tertiary/aromatic N) is 2. The lowest BCUT2D eigenvalue weighted by Crippen LogP contribution is -2.05. The van der Waals surface area contributed by atoms with E-state index in [9.17, 15) is 4.79 Å². The zero-order valence-electron chi connectivity index (χ0n) is 11.0. The van der Waals surface area contributed by atoms with Gasteiger partial charge in [-0.15, -0.1) is 11.3 Å². The number of carbonyl (C=O) groups excluding carboxylic acids is 1. The summed E-state index contributed by atoms with van der Waals surface area (Å²) in [5.41, 5.74) is 1.41. The van der Waals surface area contributed by atoms with Crippen LogP contribution in [-0.2, 0) is 4.79 Å². The Hall–Kier alpha value is -1.97. The molecule has 2 aromatic heterocycles. The molecule has 0 aliphatic rings. The molecular weight excluding hydrogens is 352 g/mol. The molecule has 0 spiro atoms. The quantitative estimate of drug-likeness (QED) is 0.688. The van der Waals surface area contributed by atoms with E-state index in [-0.39, 0.29) is 5.78 Å². The number of ketones is 1. The summed E-state index contributed by atoms with van der Waals surface area (Å²) in [5.74, 6) is -0.375. The number of hydrogen-bond acceptors (Lipinski definition) is 5. The van der Waals surface area contributed by atoms with Gasteiger partial charge in [-0.2, -0.15) is 5.26 Å². The number of aromatic nitrogens is 1. The van der Waals surface area contributed by atoms with Crippen LogP contribution in [-0.4, -0.2) is 10.8 Å². The van der Waals surface area contributed by atoms with E-state index in [0.717, 1.165) is 15.4 Å². The van der Waals surface area contributed by atoms with E-state index in [2.05, 4.69) is 20.9 Å². The first-order valence-electron chi connectivity index (χ1n) is 6.13. The summed E-state index contributed by atoms with van der Waals surface area (Å²) in [5, 5.41) is 12.3. The molecule has 104 valence electrons. The van der Waals surface area contributed by atoms with Crippen LogP contribution in [0.4, 0.5) is 0 Å². The number of rotatable bonds is 3. The van der Waals surface area contributed by atoms with Crippen molar-refractivity contribution in [1.29, 1.82) is 5.26 Å². The fourth-order valence-corrected chi connectivity index (χ4v) is 3.28. The van der Waals surface area contributed by atoms with Gasteiger partial charge in [0.05, 0.1) is 6.07 Å². The van der Waals surface area contributed by atoms with Gasteiger partial charge in [0.1, 0.15) is 16.3 Å². The van der Waals surface area contributed by atoms with Crippen LogP contribution < -0.4 is 0 Å². The van der Waals surface area contributed by atoms with Crippen molar-refractivity contribution in [3.8, 4) is 17.5 Å². The topological polar surface area (TPSA) is 66.9 Å². The second-order valence-corrected chi connectivity index (χ2v) is 6.34. The molecule has 0 fully saturated rings. The SMILES string of the molecule is CC(=O)[C@H](C#N)c1nc(-c2cc3cc(Br)ccc3o2)cs1. The molecule has 3 rings (SSSR count). The lowest BCUT2D eigenvalue weighted by atomic mass is 10.1. The Morgan fingerprint density at radius 2 is 2.29 bits per heavy atom. The van der Waals surface area contributed by atoms with E-state index in [1.54, 1.807) is 5.38 Å². The van der Waals surface area contributed by atoms with Gasteiger partial charge >= 0.3 is 0 Å². The lowest BCUT2D eigenvalue weighted by molar-refractivity contribution is -0.117. The van der Waals surface area contributed by atoms with Crippen molar-refractivity contribution in [2.75, 3.05) is 0 Å². The smallest absolute Gasteiger partial charge is 0.156 e. The summed E-state index contributed by atoms with van der Waals surface area (Å²) >= 11 is 4.71. The van der Waals surface area contributed by atoms with Gasteiger partial charge in [0, 0.05) is 15.2 Å². The summed E-state index contributed by atoms with van der Waals surface area (Å²) in [6.45, 7) is 1.40. The molecule has 0 saturated heterocycles. The number of furan rings is 1. The molecule has 3 aromatic rings. The maximum atomic E-state index is 11.4. The number of thiazole rings is 1. The molecule has 21 heavy (non-hydrogen) atoms. The van der Waals surface area contributed by atoms with Crippen molar-refractivity contribution in [1.82, 2.24) is 4.98 Å². The van der Waals surface area contributed by atoms with Crippen LogP contribution in [0.1, 0.15) is 17.8 Å². The summed E-state index contributed by atoms with van der Waals surface area (Å²) in [7, 11) is 0. The normalized spacial score (nSPS) is 12.2. The van der Waals surface area contributed by atoms with E-state index in [4.69, 9.17) is 9.68 Å². The monoisotopic (exact) mass is 360 g/mol. The minimum atomic E-state index is -0.803. The largest absolute Gasteiger partial charge is 0.454 e. The average molecular weight is 361 g/mol. The Bertz CT molecular complexity index is 875. The van der Waals surface area contributed by atoms with Gasteiger partial charge in [-0.05, 0) is 31.2 Å². The van der Waals surface area contributed by atoms with E-state index in [0.29, 0.717) is 16.5 Å². The van der Waals surface area contributed by atoms with Gasteiger partial charge in [0.15, 0.2) is 17.5 Å². The Balaban J connectivity index is 2.02. The van der Waals surface area contributed by atoms with Crippen LogP contribution in [0.2, 0.25) is 0 Å². The highest BCUT2D eigenvalue weighted by atomic mass is 79.9. The number of nitriles is 1. The first-order valence-corrected chi connectivity index (χ1v) is 7.80. The third-order valence-corrected chi connectivity index (χ3v) is 4.44. The molecular formula is C15H9BrN2O2S. The molecule has 0 aliphatic carbocycles. The molecule has 1 aromatic carbocycles. The van der Waals surface area contributed by atoms with Gasteiger partial charge in [0.2, 0.25) is 0 Å². The summed E-state index contributed by atoms with van der Waals surface area (Å²) in [6.07, 6.45) is 0. The number of carbonyl (C=O) groups is 1. The van der Waals surface area contributed by atoms with Crippen LogP contribution in [0.5, 0.6) is 0 Å². The van der Waals surface area contributed by atoms with Crippen molar-refractivity contribution >= 4 is 44.0 Å². The maximum absolute atomic E-state index is 11.4. The zero-order chi connectivity index (χ0) is 15.0. The molecule has 0 amide bonds. The third-order valence-electron chi connectivity index (χ3n) is 3.04. The number of fused-ring (bicyclic) bond motifs is 1. The Kier molecular flexibility index (Phi) is 3.62. The second-order valence-electron chi connectivity index (χ2n) is 4.54. The second kappa shape index (κ2) is 5.43. The standard InChI is InChI=1S/C15H9BrN2O2S/c1-8(19)11(6-17)15-18-12(7-21-15)14-5-9-4-10(16)2-3-13(9)20-14/h2-5,7,11H,1H3/t11-/m0/s1. The van der Waals surface area contributed by atoms with Crippen molar-refractivity contribution in [3.05, 3.63) is 39.1 Å². The molecule has 4 nitrogen and oxygen atoms in total. The van der Waals surface area contributed by atoms with Gasteiger partial charge in [-0.25, -0.2) is 4.98 Å². The van der Waals surface area contributed by atoms with Gasteiger partial charge in [0.25, 0.3) is 0 Å². The Labute approximate surface area is 133 Å². The van der Waals surface area contributed by atoms with E-state index in [1.165, 1.54) is 18.3 Å². The van der Waals surface area contributed by atoms with Crippen molar-refractivity contribution in [2.24, 2.45) is 0 Å². The molecule has 2 heterocycles. The highest BCUT2D eigenvalue weighted by molar-refractivity contribution is 9.10. The first-order chi connectivity index (χ1) is 10.1. The molecule has 0 radical (unpaired) electrons. The van der Waals surface area contributed by atoms with Crippen LogP contribution in [0.25, 0.3) is 22.4 Å². The summed E-state index contributed by atoms with van der Waals surface area (Å²) in [4.78, 5) is 15.8. The molecule has 0 saturated carbocycles. The molecule has 1 atom stereocenters. The summed E-state index contributed by atoms with van der Waals surface area (Å²) in [6, 6.07) is 9.62.